The van der Waals surface area contributed by atoms with Crippen LogP contribution in [0.1, 0.15) is 18.4 Å². The maximum atomic E-state index is 13.0. The van der Waals surface area contributed by atoms with Crippen molar-refractivity contribution in [2.24, 2.45) is 0 Å². The van der Waals surface area contributed by atoms with Gasteiger partial charge in [0.25, 0.3) is 0 Å². The van der Waals surface area contributed by atoms with E-state index in [-0.39, 0.29) is 5.82 Å². The van der Waals surface area contributed by atoms with Gasteiger partial charge in [-0.3, -0.25) is 4.79 Å². The predicted molar refractivity (Wildman–Crippen MR) is 56.6 cm³/mol. The largest absolute Gasteiger partial charge is 0.480 e. The van der Waals surface area contributed by atoms with Crippen LogP contribution in [0.3, 0.4) is 0 Å². The first-order valence-electron chi connectivity index (χ1n) is 4.72. The zero-order valence-corrected chi connectivity index (χ0v) is 9.10. The average Bonchev–Trinajstić information content (AvgIpc) is 2.93. The van der Waals surface area contributed by atoms with Gasteiger partial charge in [-0.25, -0.2) is 4.39 Å². The standard InChI is InChI=1S/C11H11FO2S/c1-7-6-8(2-3-9(7)12)15-11(4-5-11)10(13)14/h2-3,6H,4-5H2,1H3,(H,13,14). The third-order valence-corrected chi connectivity index (χ3v) is 4.00. The van der Waals surface area contributed by atoms with Gasteiger partial charge in [-0.15, -0.1) is 11.8 Å². The lowest BCUT2D eigenvalue weighted by molar-refractivity contribution is -0.137. The van der Waals surface area contributed by atoms with E-state index in [1.165, 1.54) is 17.8 Å². The molecule has 1 saturated carbocycles. The molecule has 1 aliphatic rings. The van der Waals surface area contributed by atoms with Crippen LogP contribution >= 0.6 is 11.8 Å². The summed E-state index contributed by atoms with van der Waals surface area (Å²) < 4.78 is 12.3. The summed E-state index contributed by atoms with van der Waals surface area (Å²) in [5.41, 5.74) is 0.557. The summed E-state index contributed by atoms with van der Waals surface area (Å²) in [5, 5.41) is 8.99. The Morgan fingerprint density at radius 1 is 1.53 bits per heavy atom. The first-order valence-corrected chi connectivity index (χ1v) is 5.54. The van der Waals surface area contributed by atoms with Gasteiger partial charge in [0.1, 0.15) is 10.6 Å². The Kier molecular flexibility index (Phi) is 2.46. The lowest BCUT2D eigenvalue weighted by Crippen LogP contribution is -2.17. The fourth-order valence-electron chi connectivity index (χ4n) is 1.38. The molecule has 1 N–H and O–H groups in total. The van der Waals surface area contributed by atoms with Crippen molar-refractivity contribution in [1.82, 2.24) is 0 Å². The van der Waals surface area contributed by atoms with Gasteiger partial charge < -0.3 is 5.11 Å². The Balaban J connectivity index is 2.18. The monoisotopic (exact) mass is 226 g/mol. The molecular formula is C11H11FO2S. The van der Waals surface area contributed by atoms with Crippen LogP contribution in [0.5, 0.6) is 0 Å². The molecule has 0 radical (unpaired) electrons. The van der Waals surface area contributed by atoms with Crippen LogP contribution in [0.15, 0.2) is 23.1 Å². The first-order chi connectivity index (χ1) is 7.03. The Labute approximate surface area is 91.5 Å². The minimum Gasteiger partial charge on any atom is -0.480 e. The number of hydrogen-bond acceptors (Lipinski definition) is 2. The van der Waals surface area contributed by atoms with Crippen LogP contribution in [0.2, 0.25) is 0 Å². The second-order valence-electron chi connectivity index (χ2n) is 3.81. The van der Waals surface area contributed by atoms with Crippen molar-refractivity contribution in [2.45, 2.75) is 29.4 Å². The van der Waals surface area contributed by atoms with E-state index < -0.39 is 10.7 Å². The van der Waals surface area contributed by atoms with Gasteiger partial charge in [0.05, 0.1) is 0 Å². The van der Waals surface area contributed by atoms with Gasteiger partial charge in [0.15, 0.2) is 0 Å². The SMILES string of the molecule is Cc1cc(SC2(C(=O)O)CC2)ccc1F. The van der Waals surface area contributed by atoms with Crippen molar-refractivity contribution in [1.29, 1.82) is 0 Å². The summed E-state index contributed by atoms with van der Waals surface area (Å²) in [6.45, 7) is 1.68. The number of carboxylic acids is 1. The Morgan fingerprint density at radius 2 is 2.20 bits per heavy atom. The van der Waals surface area contributed by atoms with Crippen LogP contribution in [-0.4, -0.2) is 15.8 Å². The molecule has 0 heterocycles. The number of benzene rings is 1. The summed E-state index contributed by atoms with van der Waals surface area (Å²) in [6.07, 6.45) is 1.40. The van der Waals surface area contributed by atoms with E-state index in [0.717, 1.165) is 4.90 Å². The molecule has 0 spiro atoms. The minimum atomic E-state index is -0.769. The quantitative estimate of drug-likeness (QED) is 0.861. The van der Waals surface area contributed by atoms with Crippen LogP contribution < -0.4 is 0 Å². The summed E-state index contributed by atoms with van der Waals surface area (Å²) >= 11 is 1.32. The molecule has 1 aliphatic carbocycles. The number of hydrogen-bond donors (Lipinski definition) is 1. The van der Waals surface area contributed by atoms with Gasteiger partial charge in [-0.05, 0) is 43.5 Å². The van der Waals surface area contributed by atoms with Gasteiger partial charge in [0.2, 0.25) is 0 Å². The van der Waals surface area contributed by atoms with Crippen molar-refractivity contribution >= 4 is 17.7 Å². The number of halogens is 1. The molecule has 2 nitrogen and oxygen atoms in total. The molecule has 0 aromatic heterocycles. The van der Waals surface area contributed by atoms with Crippen molar-refractivity contribution in [3.8, 4) is 0 Å². The van der Waals surface area contributed by atoms with Crippen molar-refractivity contribution in [3.05, 3.63) is 29.6 Å². The second kappa shape index (κ2) is 3.52. The molecule has 80 valence electrons. The smallest absolute Gasteiger partial charge is 0.320 e. The number of rotatable bonds is 3. The normalized spacial score (nSPS) is 17.5. The van der Waals surface area contributed by atoms with Crippen LogP contribution in [0.25, 0.3) is 0 Å². The topological polar surface area (TPSA) is 37.3 Å². The third kappa shape index (κ3) is 2.00. The summed E-state index contributed by atoms with van der Waals surface area (Å²) in [5.74, 6) is -1.02. The van der Waals surface area contributed by atoms with E-state index >= 15 is 0 Å². The molecule has 1 aromatic carbocycles. The van der Waals surface area contributed by atoms with Crippen LogP contribution in [0.4, 0.5) is 4.39 Å². The molecule has 0 unspecified atom stereocenters. The number of carbonyl (C=O) groups is 1. The zero-order valence-electron chi connectivity index (χ0n) is 8.29. The van der Waals surface area contributed by atoms with E-state index in [0.29, 0.717) is 18.4 Å². The maximum absolute atomic E-state index is 13.0. The van der Waals surface area contributed by atoms with E-state index in [4.69, 9.17) is 5.11 Å². The molecule has 0 atom stereocenters. The summed E-state index contributed by atoms with van der Waals surface area (Å²) in [6, 6.07) is 4.72. The number of thioether (sulfide) groups is 1. The minimum absolute atomic E-state index is 0.250. The fourth-order valence-corrected chi connectivity index (χ4v) is 2.60. The predicted octanol–water partition coefficient (Wildman–Crippen LogP) is 2.84. The van der Waals surface area contributed by atoms with E-state index in [2.05, 4.69) is 0 Å². The molecule has 15 heavy (non-hydrogen) atoms. The number of carboxylic acid groups (broad SMARTS) is 1. The summed E-state index contributed by atoms with van der Waals surface area (Å²) in [7, 11) is 0. The number of aliphatic carboxylic acids is 1. The highest BCUT2D eigenvalue weighted by atomic mass is 32.2. The van der Waals surface area contributed by atoms with Gasteiger partial charge in [-0.1, -0.05) is 0 Å². The van der Waals surface area contributed by atoms with Gasteiger partial charge >= 0.3 is 5.97 Å². The van der Waals surface area contributed by atoms with E-state index in [1.807, 2.05) is 0 Å². The molecular weight excluding hydrogens is 215 g/mol. The Hall–Kier alpha value is -1.03. The molecule has 0 bridgehead atoms. The maximum Gasteiger partial charge on any atom is 0.320 e. The number of aryl methyl sites for hydroxylation is 1. The average molecular weight is 226 g/mol. The van der Waals surface area contributed by atoms with Crippen molar-refractivity contribution in [3.63, 3.8) is 0 Å². The highest BCUT2D eigenvalue weighted by Gasteiger charge is 2.51. The summed E-state index contributed by atoms with van der Waals surface area (Å²) in [4.78, 5) is 11.8. The van der Waals surface area contributed by atoms with E-state index in [1.54, 1.807) is 19.1 Å². The lowest BCUT2D eigenvalue weighted by atomic mass is 10.2. The fraction of sp³-hybridized carbons (Fsp3) is 0.364. The Bertz CT molecular complexity index is 413. The zero-order chi connectivity index (χ0) is 11.1. The Morgan fingerprint density at radius 3 is 2.67 bits per heavy atom. The molecule has 1 fully saturated rings. The molecule has 2 rings (SSSR count). The third-order valence-electron chi connectivity index (χ3n) is 2.54. The van der Waals surface area contributed by atoms with Crippen LogP contribution in [0, 0.1) is 12.7 Å². The molecule has 1 aromatic rings. The molecule has 0 amide bonds. The molecule has 0 aliphatic heterocycles. The molecule has 0 saturated heterocycles. The highest BCUT2D eigenvalue weighted by Crippen LogP contribution is 2.51. The molecule has 4 heteroatoms. The van der Waals surface area contributed by atoms with Crippen molar-refractivity contribution < 1.29 is 14.3 Å². The first kappa shape index (κ1) is 10.5. The van der Waals surface area contributed by atoms with Gasteiger partial charge in [-0.2, -0.15) is 0 Å². The highest BCUT2D eigenvalue weighted by molar-refractivity contribution is 8.01. The van der Waals surface area contributed by atoms with Crippen LogP contribution in [-0.2, 0) is 4.79 Å². The van der Waals surface area contributed by atoms with E-state index in [9.17, 15) is 9.18 Å². The van der Waals surface area contributed by atoms with Gasteiger partial charge in [0, 0.05) is 4.90 Å². The lowest BCUT2D eigenvalue weighted by Gasteiger charge is -2.09. The van der Waals surface area contributed by atoms with Crippen molar-refractivity contribution in [2.75, 3.05) is 0 Å². The second-order valence-corrected chi connectivity index (χ2v) is 5.27.